The molecule has 0 aromatic carbocycles. The van der Waals surface area contributed by atoms with Crippen LogP contribution in [0, 0.1) is 0 Å². The third-order valence-corrected chi connectivity index (χ3v) is 5.09. The van der Waals surface area contributed by atoms with Crippen LogP contribution in [-0.4, -0.2) is 66.6 Å². The average molecular weight is 298 g/mol. The predicted octanol–water partition coefficient (Wildman–Crippen LogP) is 1.03. The Morgan fingerprint density at radius 3 is 2.43 bits per heavy atom. The summed E-state index contributed by atoms with van der Waals surface area (Å²) < 4.78 is 0. The molecule has 5 heteroatoms. The Kier molecular flexibility index (Phi) is 7.10. The van der Waals surface area contributed by atoms with Gasteiger partial charge in [-0.1, -0.05) is 13.8 Å². The molecule has 0 saturated carbocycles. The van der Waals surface area contributed by atoms with Crippen molar-refractivity contribution in [2.45, 2.75) is 64.6 Å². The lowest BCUT2D eigenvalue weighted by Crippen LogP contribution is -2.57. The molecular formula is C16H34N4O. The minimum atomic E-state index is -0.619. The molecule has 5 nitrogen and oxygen atoms in total. The lowest BCUT2D eigenvalue weighted by molar-refractivity contribution is -0.124. The van der Waals surface area contributed by atoms with Crippen LogP contribution in [0.2, 0.25) is 0 Å². The van der Waals surface area contributed by atoms with Crippen LogP contribution in [-0.2, 0) is 4.79 Å². The zero-order valence-corrected chi connectivity index (χ0v) is 14.5. The summed E-state index contributed by atoms with van der Waals surface area (Å²) in [5.41, 5.74) is 4.98. The van der Waals surface area contributed by atoms with E-state index in [9.17, 15) is 4.79 Å². The van der Waals surface area contributed by atoms with Crippen molar-refractivity contribution < 1.29 is 4.79 Å². The lowest BCUT2D eigenvalue weighted by atomic mass is 9.90. The summed E-state index contributed by atoms with van der Waals surface area (Å²) in [6.07, 6.45) is 3.17. The number of carbonyl (C=O) groups is 1. The molecule has 0 spiro atoms. The highest BCUT2D eigenvalue weighted by Gasteiger charge is 2.34. The van der Waals surface area contributed by atoms with Crippen LogP contribution in [0.5, 0.6) is 0 Å². The van der Waals surface area contributed by atoms with E-state index in [1.807, 2.05) is 13.8 Å². The summed E-state index contributed by atoms with van der Waals surface area (Å²) in [6.45, 7) is 12.6. The predicted molar refractivity (Wildman–Crippen MR) is 88.3 cm³/mol. The van der Waals surface area contributed by atoms with E-state index in [1.165, 1.54) is 25.9 Å². The monoisotopic (exact) mass is 298 g/mol. The number of likely N-dealkylation sites (N-methyl/N-ethyl adjacent to an activating group) is 1. The van der Waals surface area contributed by atoms with Crippen molar-refractivity contribution in [2.75, 3.05) is 33.2 Å². The fourth-order valence-electron chi connectivity index (χ4n) is 3.39. The molecule has 3 N–H and O–H groups in total. The molecule has 0 aliphatic carbocycles. The number of amides is 1. The third-order valence-electron chi connectivity index (χ3n) is 5.09. The minimum Gasteiger partial charge on any atom is -0.368 e. The van der Waals surface area contributed by atoms with Crippen LogP contribution in [0.25, 0.3) is 0 Å². The standard InChI is InChI=1S/C16H34N4O/c1-6-18-16(4,15(17)21)12-13(3)19(5)14-8-10-20(7-2)11-9-14/h13-14,18H,6-12H2,1-5H3,(H2,17,21). The smallest absolute Gasteiger partial charge is 0.237 e. The van der Waals surface area contributed by atoms with Crippen LogP contribution in [0.1, 0.15) is 47.0 Å². The van der Waals surface area contributed by atoms with E-state index in [4.69, 9.17) is 5.73 Å². The van der Waals surface area contributed by atoms with E-state index < -0.39 is 5.54 Å². The minimum absolute atomic E-state index is 0.259. The zero-order valence-electron chi connectivity index (χ0n) is 14.5. The molecule has 21 heavy (non-hydrogen) atoms. The SMILES string of the molecule is CCNC(C)(CC(C)N(C)C1CCN(CC)CC1)C(N)=O. The molecule has 2 atom stereocenters. The summed E-state index contributed by atoms with van der Waals surface area (Å²) in [5, 5.41) is 3.25. The van der Waals surface area contributed by atoms with Gasteiger partial charge in [0.2, 0.25) is 5.91 Å². The van der Waals surface area contributed by atoms with E-state index in [0.717, 1.165) is 19.5 Å². The summed E-state index contributed by atoms with van der Waals surface area (Å²) in [5.74, 6) is -0.259. The Morgan fingerprint density at radius 1 is 1.43 bits per heavy atom. The molecule has 1 heterocycles. The normalized spacial score (nSPS) is 22.2. The van der Waals surface area contributed by atoms with E-state index in [0.29, 0.717) is 12.1 Å². The Hall–Kier alpha value is -0.650. The van der Waals surface area contributed by atoms with E-state index in [-0.39, 0.29) is 5.91 Å². The van der Waals surface area contributed by atoms with Gasteiger partial charge < -0.3 is 20.9 Å². The van der Waals surface area contributed by atoms with Crippen molar-refractivity contribution in [3.8, 4) is 0 Å². The highest BCUT2D eigenvalue weighted by Crippen LogP contribution is 2.22. The van der Waals surface area contributed by atoms with Crippen LogP contribution in [0.4, 0.5) is 0 Å². The molecule has 0 aromatic heterocycles. The van der Waals surface area contributed by atoms with Crippen molar-refractivity contribution >= 4 is 5.91 Å². The summed E-state index contributed by atoms with van der Waals surface area (Å²) in [7, 11) is 2.18. The molecular weight excluding hydrogens is 264 g/mol. The van der Waals surface area contributed by atoms with Gasteiger partial charge in [-0.15, -0.1) is 0 Å². The van der Waals surface area contributed by atoms with Gasteiger partial charge in [-0.3, -0.25) is 4.79 Å². The number of hydrogen-bond donors (Lipinski definition) is 2. The molecule has 0 aromatic rings. The fraction of sp³-hybridized carbons (Fsp3) is 0.938. The first-order valence-corrected chi connectivity index (χ1v) is 8.33. The highest BCUT2D eigenvalue weighted by atomic mass is 16.1. The van der Waals surface area contributed by atoms with Gasteiger partial charge in [0.15, 0.2) is 0 Å². The number of piperidine rings is 1. The molecule has 2 unspecified atom stereocenters. The van der Waals surface area contributed by atoms with Gasteiger partial charge in [-0.05, 0) is 66.3 Å². The molecule has 1 rings (SSSR count). The number of primary amides is 1. The molecule has 1 amide bonds. The van der Waals surface area contributed by atoms with Gasteiger partial charge in [0.1, 0.15) is 0 Å². The van der Waals surface area contributed by atoms with Gasteiger partial charge >= 0.3 is 0 Å². The summed E-state index contributed by atoms with van der Waals surface area (Å²) >= 11 is 0. The summed E-state index contributed by atoms with van der Waals surface area (Å²) in [6, 6.07) is 0.946. The molecule has 0 radical (unpaired) electrons. The number of nitrogens with zero attached hydrogens (tertiary/aromatic N) is 2. The van der Waals surface area contributed by atoms with Gasteiger partial charge in [0.05, 0.1) is 5.54 Å². The van der Waals surface area contributed by atoms with E-state index in [1.54, 1.807) is 0 Å². The first kappa shape index (κ1) is 18.4. The van der Waals surface area contributed by atoms with Crippen molar-refractivity contribution in [1.29, 1.82) is 0 Å². The number of nitrogens with one attached hydrogen (secondary N) is 1. The summed E-state index contributed by atoms with van der Waals surface area (Å²) in [4.78, 5) is 16.7. The molecule has 1 aliphatic heterocycles. The third kappa shape index (κ3) is 4.94. The number of nitrogens with two attached hydrogens (primary N) is 1. The van der Waals surface area contributed by atoms with Gasteiger partial charge in [0.25, 0.3) is 0 Å². The van der Waals surface area contributed by atoms with Crippen LogP contribution < -0.4 is 11.1 Å². The van der Waals surface area contributed by atoms with E-state index >= 15 is 0 Å². The number of rotatable bonds is 8. The Labute approximate surface area is 130 Å². The van der Waals surface area contributed by atoms with Crippen LogP contribution in [0.15, 0.2) is 0 Å². The van der Waals surface area contributed by atoms with Gasteiger partial charge in [0, 0.05) is 12.1 Å². The molecule has 1 fully saturated rings. The van der Waals surface area contributed by atoms with Crippen LogP contribution >= 0.6 is 0 Å². The average Bonchev–Trinajstić information content (AvgIpc) is 2.46. The maximum atomic E-state index is 11.8. The van der Waals surface area contributed by atoms with Crippen LogP contribution in [0.3, 0.4) is 0 Å². The Balaban J connectivity index is 2.57. The second-order valence-electron chi connectivity index (χ2n) is 6.61. The first-order chi connectivity index (χ1) is 9.84. The van der Waals surface area contributed by atoms with Gasteiger partial charge in [-0.2, -0.15) is 0 Å². The fourth-order valence-corrected chi connectivity index (χ4v) is 3.39. The molecule has 124 valence electrons. The Morgan fingerprint density at radius 2 is 2.00 bits per heavy atom. The Bertz CT molecular complexity index is 328. The van der Waals surface area contributed by atoms with Crippen molar-refractivity contribution in [3.63, 3.8) is 0 Å². The van der Waals surface area contributed by atoms with Crippen molar-refractivity contribution in [2.24, 2.45) is 5.73 Å². The molecule has 0 bridgehead atoms. The lowest BCUT2D eigenvalue weighted by Gasteiger charge is -2.41. The molecule has 1 aliphatic rings. The number of carbonyl (C=O) groups excluding carboxylic acids is 1. The highest BCUT2D eigenvalue weighted by molar-refractivity contribution is 5.84. The second-order valence-corrected chi connectivity index (χ2v) is 6.61. The first-order valence-electron chi connectivity index (χ1n) is 8.33. The number of hydrogen-bond acceptors (Lipinski definition) is 4. The quantitative estimate of drug-likeness (QED) is 0.703. The van der Waals surface area contributed by atoms with Crippen molar-refractivity contribution in [3.05, 3.63) is 0 Å². The topological polar surface area (TPSA) is 61.6 Å². The second kappa shape index (κ2) is 8.11. The number of likely N-dealkylation sites (tertiary alicyclic amines) is 1. The van der Waals surface area contributed by atoms with Crippen molar-refractivity contribution in [1.82, 2.24) is 15.1 Å². The molecule has 1 saturated heterocycles. The zero-order chi connectivity index (χ0) is 16.0. The van der Waals surface area contributed by atoms with Gasteiger partial charge in [-0.25, -0.2) is 0 Å². The largest absolute Gasteiger partial charge is 0.368 e. The maximum absolute atomic E-state index is 11.8. The van der Waals surface area contributed by atoms with E-state index in [2.05, 4.69) is 36.0 Å². The maximum Gasteiger partial charge on any atom is 0.237 e.